The third-order valence-electron chi connectivity index (χ3n) is 3.00. The van der Waals surface area contributed by atoms with E-state index >= 15 is 0 Å². The molecule has 0 unspecified atom stereocenters. The van der Waals surface area contributed by atoms with E-state index in [9.17, 15) is 9.90 Å². The van der Waals surface area contributed by atoms with Gasteiger partial charge in [-0.15, -0.1) is 11.3 Å². The van der Waals surface area contributed by atoms with Crippen molar-refractivity contribution in [1.29, 1.82) is 0 Å². The second kappa shape index (κ2) is 9.20. The minimum Gasteiger partial charge on any atom is -0.507 e. The number of thiazole rings is 1. The topological polar surface area (TPSA) is 62.2 Å². The van der Waals surface area contributed by atoms with Crippen LogP contribution >= 0.6 is 27.3 Å². The van der Waals surface area contributed by atoms with Crippen LogP contribution in [0.15, 0.2) is 64.5 Å². The van der Waals surface area contributed by atoms with Crippen LogP contribution in [-0.4, -0.2) is 16.0 Å². The molecule has 0 aliphatic carbocycles. The zero-order valence-electron chi connectivity index (χ0n) is 13.1. The molecular formula is C18H17BrN2O2S. The van der Waals surface area contributed by atoms with E-state index in [-0.39, 0.29) is 17.2 Å². The highest BCUT2D eigenvalue weighted by Crippen LogP contribution is 2.24. The highest BCUT2D eigenvalue weighted by atomic mass is 79.9. The van der Waals surface area contributed by atoms with Crippen LogP contribution in [-0.2, 0) is 6.42 Å². The number of nitrogens with one attached hydrogen (secondary N) is 1. The van der Waals surface area contributed by atoms with Gasteiger partial charge >= 0.3 is 0 Å². The van der Waals surface area contributed by atoms with Crippen LogP contribution in [0.3, 0.4) is 0 Å². The normalized spacial score (nSPS) is 9.75. The second-order valence-electron chi connectivity index (χ2n) is 4.77. The van der Waals surface area contributed by atoms with Crippen molar-refractivity contribution >= 4 is 38.3 Å². The second-order valence-corrected chi connectivity index (χ2v) is 6.54. The number of rotatable bonds is 3. The first-order valence-corrected chi connectivity index (χ1v) is 9.01. The van der Waals surface area contributed by atoms with Gasteiger partial charge in [-0.05, 0) is 24.6 Å². The fourth-order valence-electron chi connectivity index (χ4n) is 1.77. The third kappa shape index (κ3) is 5.47. The molecule has 3 rings (SSSR count). The number of phenols is 1. The lowest BCUT2D eigenvalue weighted by molar-refractivity contribution is 0.102. The summed E-state index contributed by atoms with van der Waals surface area (Å²) in [5.41, 5.74) is 1.16. The lowest BCUT2D eigenvalue weighted by Gasteiger charge is -2.04. The lowest BCUT2D eigenvalue weighted by Crippen LogP contribution is -2.12. The van der Waals surface area contributed by atoms with Crippen molar-refractivity contribution in [2.24, 2.45) is 0 Å². The standard InChI is InChI=1S/C12H11BrN2O2S.C6H6/c1-2-8-6-18-12(14-8)15-11(17)9-5-7(13)3-4-10(9)16;1-2-4-6-5-3-1/h3-6,16H,2H2,1H3,(H,14,15,17);1-6H. The zero-order chi connectivity index (χ0) is 17.4. The van der Waals surface area contributed by atoms with Gasteiger partial charge in [0.2, 0.25) is 0 Å². The number of carbonyl (C=O) groups excluding carboxylic acids is 1. The average Bonchev–Trinajstić information content (AvgIpc) is 3.06. The molecular weight excluding hydrogens is 388 g/mol. The molecule has 0 bridgehead atoms. The summed E-state index contributed by atoms with van der Waals surface area (Å²) in [5, 5.41) is 14.7. The number of benzene rings is 2. The first kappa shape index (κ1) is 18.2. The molecule has 0 saturated carbocycles. The maximum atomic E-state index is 12.0. The maximum Gasteiger partial charge on any atom is 0.261 e. The number of aromatic hydroxyl groups is 1. The number of hydrogen-bond donors (Lipinski definition) is 2. The SMILES string of the molecule is CCc1csc(NC(=O)c2cc(Br)ccc2O)n1.c1ccccc1. The number of aryl methyl sites for hydroxylation is 1. The Hall–Kier alpha value is -2.18. The molecule has 0 aliphatic rings. The van der Waals surface area contributed by atoms with Gasteiger partial charge in [0.15, 0.2) is 5.13 Å². The molecule has 0 radical (unpaired) electrons. The molecule has 6 heteroatoms. The molecule has 1 amide bonds. The first-order valence-electron chi connectivity index (χ1n) is 7.34. The number of phenolic OH excluding ortho intramolecular Hbond substituents is 1. The highest BCUT2D eigenvalue weighted by molar-refractivity contribution is 9.10. The molecule has 24 heavy (non-hydrogen) atoms. The molecule has 2 N–H and O–H groups in total. The van der Waals surface area contributed by atoms with Crippen LogP contribution in [0.2, 0.25) is 0 Å². The van der Waals surface area contributed by atoms with E-state index in [0.717, 1.165) is 16.6 Å². The number of aromatic nitrogens is 1. The average molecular weight is 405 g/mol. The van der Waals surface area contributed by atoms with E-state index in [1.54, 1.807) is 12.1 Å². The Labute approximate surface area is 153 Å². The van der Waals surface area contributed by atoms with Gasteiger partial charge in [-0.2, -0.15) is 0 Å². The Bertz CT molecular complexity index is 764. The molecule has 0 aliphatic heterocycles. The lowest BCUT2D eigenvalue weighted by atomic mass is 10.2. The quantitative estimate of drug-likeness (QED) is 0.637. The Morgan fingerprint density at radius 3 is 2.38 bits per heavy atom. The summed E-state index contributed by atoms with van der Waals surface area (Å²) in [4.78, 5) is 16.2. The largest absolute Gasteiger partial charge is 0.507 e. The van der Waals surface area contributed by atoms with E-state index in [0.29, 0.717) is 5.13 Å². The predicted molar refractivity (Wildman–Crippen MR) is 102 cm³/mol. The van der Waals surface area contributed by atoms with Crippen molar-refractivity contribution in [1.82, 2.24) is 4.98 Å². The van der Waals surface area contributed by atoms with E-state index in [2.05, 4.69) is 26.2 Å². The summed E-state index contributed by atoms with van der Waals surface area (Å²) in [7, 11) is 0. The minimum atomic E-state index is -0.370. The monoisotopic (exact) mass is 404 g/mol. The van der Waals surface area contributed by atoms with Gasteiger partial charge in [0.1, 0.15) is 5.75 Å². The molecule has 0 saturated heterocycles. The number of anilines is 1. The number of halogens is 1. The van der Waals surface area contributed by atoms with E-state index in [4.69, 9.17) is 0 Å². The number of amides is 1. The predicted octanol–water partition coefficient (Wildman–Crippen LogP) is 5.11. The summed E-state index contributed by atoms with van der Waals surface area (Å²) in [5.74, 6) is -0.422. The van der Waals surface area contributed by atoms with Crippen molar-refractivity contribution in [3.8, 4) is 5.75 Å². The van der Waals surface area contributed by atoms with Crippen LogP contribution in [0.1, 0.15) is 23.0 Å². The van der Waals surface area contributed by atoms with Crippen molar-refractivity contribution in [3.05, 3.63) is 75.7 Å². The fourth-order valence-corrected chi connectivity index (χ4v) is 2.92. The van der Waals surface area contributed by atoms with Crippen LogP contribution in [0, 0.1) is 0 Å². The summed E-state index contributed by atoms with van der Waals surface area (Å²) in [6.07, 6.45) is 0.828. The van der Waals surface area contributed by atoms with Gasteiger partial charge in [-0.3, -0.25) is 10.1 Å². The summed E-state index contributed by atoms with van der Waals surface area (Å²) in [6.45, 7) is 2.00. The van der Waals surface area contributed by atoms with Gasteiger partial charge in [-0.25, -0.2) is 4.98 Å². The molecule has 4 nitrogen and oxygen atoms in total. The van der Waals surface area contributed by atoms with Gasteiger partial charge < -0.3 is 5.11 Å². The highest BCUT2D eigenvalue weighted by Gasteiger charge is 2.13. The Kier molecular flexibility index (Phi) is 6.96. The molecule has 0 fully saturated rings. The van der Waals surface area contributed by atoms with Crippen LogP contribution < -0.4 is 5.32 Å². The Morgan fingerprint density at radius 1 is 1.21 bits per heavy atom. The maximum absolute atomic E-state index is 12.0. The summed E-state index contributed by atoms with van der Waals surface area (Å²) >= 11 is 4.63. The molecule has 2 aromatic carbocycles. The number of nitrogens with zero attached hydrogens (tertiary/aromatic N) is 1. The zero-order valence-corrected chi connectivity index (χ0v) is 15.5. The van der Waals surface area contributed by atoms with Gasteiger partial charge in [0.25, 0.3) is 5.91 Å². The number of hydrogen-bond acceptors (Lipinski definition) is 4. The van der Waals surface area contributed by atoms with Gasteiger partial charge in [-0.1, -0.05) is 59.3 Å². The molecule has 1 aromatic heterocycles. The van der Waals surface area contributed by atoms with E-state index in [1.807, 2.05) is 48.7 Å². The minimum absolute atomic E-state index is 0.0528. The van der Waals surface area contributed by atoms with Crippen LogP contribution in [0.4, 0.5) is 5.13 Å². The fraction of sp³-hybridized carbons (Fsp3) is 0.111. The Morgan fingerprint density at radius 2 is 1.83 bits per heavy atom. The molecule has 1 heterocycles. The first-order chi connectivity index (χ1) is 11.6. The van der Waals surface area contributed by atoms with E-state index < -0.39 is 0 Å². The molecule has 0 atom stereocenters. The van der Waals surface area contributed by atoms with Crippen LogP contribution in [0.25, 0.3) is 0 Å². The summed E-state index contributed by atoms with van der Waals surface area (Å²) in [6, 6.07) is 16.7. The van der Waals surface area contributed by atoms with E-state index in [1.165, 1.54) is 17.4 Å². The van der Waals surface area contributed by atoms with Crippen LogP contribution in [0.5, 0.6) is 5.75 Å². The van der Waals surface area contributed by atoms with Crippen molar-refractivity contribution in [2.75, 3.05) is 5.32 Å². The van der Waals surface area contributed by atoms with Crippen molar-refractivity contribution in [3.63, 3.8) is 0 Å². The summed E-state index contributed by atoms with van der Waals surface area (Å²) < 4.78 is 0.735. The van der Waals surface area contributed by atoms with Crippen molar-refractivity contribution < 1.29 is 9.90 Å². The van der Waals surface area contributed by atoms with Gasteiger partial charge in [0, 0.05) is 9.85 Å². The molecule has 124 valence electrons. The third-order valence-corrected chi connectivity index (χ3v) is 4.30. The molecule has 0 spiro atoms. The smallest absolute Gasteiger partial charge is 0.261 e. The Balaban J connectivity index is 0.000000292. The number of carbonyl (C=O) groups is 1. The molecule has 3 aromatic rings. The van der Waals surface area contributed by atoms with Crippen molar-refractivity contribution in [2.45, 2.75) is 13.3 Å². The van der Waals surface area contributed by atoms with Gasteiger partial charge in [0.05, 0.1) is 11.3 Å².